The Morgan fingerprint density at radius 2 is 2.26 bits per heavy atom. The molecule has 1 saturated heterocycles. The van der Waals surface area contributed by atoms with Gasteiger partial charge in [0, 0.05) is 30.6 Å². The molecule has 1 N–H and O–H groups in total. The maximum absolute atomic E-state index is 12.4. The largest absolute Gasteiger partial charge is 0.339 e. The van der Waals surface area contributed by atoms with Crippen molar-refractivity contribution >= 4 is 29.3 Å². The van der Waals surface area contributed by atoms with Crippen LogP contribution in [0.25, 0.3) is 0 Å². The molecule has 1 aliphatic heterocycles. The minimum Gasteiger partial charge on any atom is -0.339 e. The number of rotatable bonds is 3. The number of amides is 1. The Morgan fingerprint density at radius 1 is 1.53 bits per heavy atom. The number of hydrogen-bond donors (Lipinski definition) is 1. The van der Waals surface area contributed by atoms with Gasteiger partial charge < -0.3 is 10.2 Å². The maximum Gasteiger partial charge on any atom is 0.235 e. The number of benzene rings is 1. The lowest BCUT2D eigenvalue weighted by Gasteiger charge is -2.33. The van der Waals surface area contributed by atoms with Crippen LogP contribution in [0, 0.1) is 0 Å². The highest BCUT2D eigenvalue weighted by molar-refractivity contribution is 8.00. The average molecular weight is 299 g/mol. The van der Waals surface area contributed by atoms with E-state index in [1.54, 1.807) is 0 Å². The molecule has 0 radical (unpaired) electrons. The number of halogens is 1. The summed E-state index contributed by atoms with van der Waals surface area (Å²) in [5.41, 5.74) is 0. The number of carbonyl (C=O) groups excluding carboxylic acids is 1. The van der Waals surface area contributed by atoms with E-state index in [1.807, 2.05) is 36.1 Å². The molecule has 1 fully saturated rings. The van der Waals surface area contributed by atoms with Crippen molar-refractivity contribution in [3.8, 4) is 0 Å². The summed E-state index contributed by atoms with van der Waals surface area (Å²) in [6, 6.07) is 8.02. The molecule has 0 saturated carbocycles. The van der Waals surface area contributed by atoms with E-state index in [0.717, 1.165) is 24.5 Å². The molecule has 0 bridgehead atoms. The highest BCUT2D eigenvalue weighted by Crippen LogP contribution is 2.30. The molecule has 1 aromatic carbocycles. The van der Waals surface area contributed by atoms with E-state index >= 15 is 0 Å². The Morgan fingerprint density at radius 3 is 2.95 bits per heavy atom. The Hall–Kier alpha value is -0.710. The standard InChI is InChI=1S/C14H19ClN2OS/c1-10-9-17(8-7-16-10)14(18)11(2)19-13-6-4-3-5-12(13)15/h3-6,10-11,16H,7-9H2,1-2H3. The number of hydrogen-bond acceptors (Lipinski definition) is 3. The van der Waals surface area contributed by atoms with Crippen molar-refractivity contribution in [2.24, 2.45) is 0 Å². The third-order valence-electron chi connectivity index (χ3n) is 3.17. The normalized spacial score (nSPS) is 21.2. The van der Waals surface area contributed by atoms with Crippen LogP contribution in [0.3, 0.4) is 0 Å². The van der Waals surface area contributed by atoms with Crippen molar-refractivity contribution in [1.29, 1.82) is 0 Å². The second-order valence-electron chi connectivity index (χ2n) is 4.83. The molecular weight excluding hydrogens is 280 g/mol. The van der Waals surface area contributed by atoms with Gasteiger partial charge in [0.05, 0.1) is 10.3 Å². The molecule has 0 aromatic heterocycles. The number of nitrogens with zero attached hydrogens (tertiary/aromatic N) is 1. The number of carbonyl (C=O) groups is 1. The van der Waals surface area contributed by atoms with Crippen LogP contribution in [0.4, 0.5) is 0 Å². The Labute approximate surface area is 123 Å². The zero-order valence-electron chi connectivity index (χ0n) is 11.2. The van der Waals surface area contributed by atoms with Gasteiger partial charge in [-0.15, -0.1) is 11.8 Å². The molecule has 2 rings (SSSR count). The summed E-state index contributed by atoms with van der Waals surface area (Å²) in [5.74, 6) is 0.193. The fourth-order valence-corrected chi connectivity index (χ4v) is 3.41. The van der Waals surface area contributed by atoms with Crippen molar-refractivity contribution in [3.05, 3.63) is 29.3 Å². The summed E-state index contributed by atoms with van der Waals surface area (Å²) >= 11 is 7.66. The van der Waals surface area contributed by atoms with Gasteiger partial charge in [-0.05, 0) is 26.0 Å². The molecule has 1 heterocycles. The monoisotopic (exact) mass is 298 g/mol. The highest BCUT2D eigenvalue weighted by Gasteiger charge is 2.25. The van der Waals surface area contributed by atoms with Crippen LogP contribution in [0.1, 0.15) is 13.8 Å². The van der Waals surface area contributed by atoms with E-state index in [-0.39, 0.29) is 11.2 Å². The molecule has 0 aliphatic carbocycles. The molecule has 1 aliphatic rings. The van der Waals surface area contributed by atoms with Gasteiger partial charge in [-0.25, -0.2) is 0 Å². The van der Waals surface area contributed by atoms with E-state index in [9.17, 15) is 4.79 Å². The predicted molar refractivity (Wildman–Crippen MR) is 80.8 cm³/mol. The SMILES string of the molecule is CC1CN(C(=O)C(C)Sc2ccccc2Cl)CCN1. The van der Waals surface area contributed by atoms with Crippen LogP contribution in [0.2, 0.25) is 5.02 Å². The molecule has 1 amide bonds. The number of thioether (sulfide) groups is 1. The van der Waals surface area contributed by atoms with Gasteiger partial charge >= 0.3 is 0 Å². The summed E-state index contributed by atoms with van der Waals surface area (Å²) in [7, 11) is 0. The third kappa shape index (κ3) is 3.88. The first-order valence-corrected chi connectivity index (χ1v) is 7.77. The summed E-state index contributed by atoms with van der Waals surface area (Å²) in [6.45, 7) is 6.49. The molecule has 0 spiro atoms. The first kappa shape index (κ1) is 14.7. The first-order chi connectivity index (χ1) is 9.08. The lowest BCUT2D eigenvalue weighted by atomic mass is 10.2. The Bertz CT molecular complexity index is 455. The molecule has 3 nitrogen and oxygen atoms in total. The van der Waals surface area contributed by atoms with Crippen LogP contribution in [0.5, 0.6) is 0 Å². The zero-order valence-corrected chi connectivity index (χ0v) is 12.8. The molecule has 19 heavy (non-hydrogen) atoms. The molecular formula is C14H19ClN2OS. The minimum atomic E-state index is -0.106. The highest BCUT2D eigenvalue weighted by atomic mass is 35.5. The van der Waals surface area contributed by atoms with Gasteiger partial charge in [0.1, 0.15) is 0 Å². The third-order valence-corrected chi connectivity index (χ3v) is 4.78. The van der Waals surface area contributed by atoms with Crippen LogP contribution in [-0.2, 0) is 4.79 Å². The van der Waals surface area contributed by atoms with Gasteiger partial charge in [-0.2, -0.15) is 0 Å². The smallest absolute Gasteiger partial charge is 0.235 e. The van der Waals surface area contributed by atoms with E-state index in [4.69, 9.17) is 11.6 Å². The van der Waals surface area contributed by atoms with Crippen LogP contribution in [-0.4, -0.2) is 41.7 Å². The van der Waals surface area contributed by atoms with Crippen molar-refractivity contribution in [3.63, 3.8) is 0 Å². The molecule has 2 unspecified atom stereocenters. The van der Waals surface area contributed by atoms with E-state index in [1.165, 1.54) is 11.8 Å². The second-order valence-corrected chi connectivity index (χ2v) is 6.62. The van der Waals surface area contributed by atoms with Gasteiger partial charge in [-0.3, -0.25) is 4.79 Å². The second kappa shape index (κ2) is 6.64. The maximum atomic E-state index is 12.4. The van der Waals surface area contributed by atoms with Crippen molar-refractivity contribution in [1.82, 2.24) is 10.2 Å². The Balaban J connectivity index is 1.97. The van der Waals surface area contributed by atoms with Crippen molar-refractivity contribution < 1.29 is 4.79 Å². The molecule has 5 heteroatoms. The Kier molecular flexibility index (Phi) is 5.13. The van der Waals surface area contributed by atoms with Crippen LogP contribution >= 0.6 is 23.4 Å². The van der Waals surface area contributed by atoms with Crippen molar-refractivity contribution in [2.75, 3.05) is 19.6 Å². The average Bonchev–Trinajstić information content (AvgIpc) is 2.40. The molecule has 2 atom stereocenters. The molecule has 104 valence electrons. The van der Waals surface area contributed by atoms with Crippen molar-refractivity contribution in [2.45, 2.75) is 30.0 Å². The summed E-state index contributed by atoms with van der Waals surface area (Å²) in [4.78, 5) is 15.3. The van der Waals surface area contributed by atoms with E-state index < -0.39 is 0 Å². The van der Waals surface area contributed by atoms with Gasteiger partial charge in [0.15, 0.2) is 0 Å². The summed E-state index contributed by atoms with van der Waals surface area (Å²) in [6.07, 6.45) is 0. The van der Waals surface area contributed by atoms with E-state index in [0.29, 0.717) is 11.1 Å². The predicted octanol–water partition coefficient (Wildman–Crippen LogP) is 2.64. The van der Waals surface area contributed by atoms with Crippen LogP contribution < -0.4 is 5.32 Å². The summed E-state index contributed by atoms with van der Waals surface area (Å²) in [5, 5.41) is 3.95. The fourth-order valence-electron chi connectivity index (χ4n) is 2.17. The van der Waals surface area contributed by atoms with Gasteiger partial charge in [-0.1, -0.05) is 23.7 Å². The summed E-state index contributed by atoms with van der Waals surface area (Å²) < 4.78 is 0. The number of nitrogens with one attached hydrogen (secondary N) is 1. The van der Waals surface area contributed by atoms with E-state index in [2.05, 4.69) is 12.2 Å². The van der Waals surface area contributed by atoms with Gasteiger partial charge in [0.2, 0.25) is 5.91 Å². The quantitative estimate of drug-likeness (QED) is 0.871. The lowest BCUT2D eigenvalue weighted by Crippen LogP contribution is -2.53. The van der Waals surface area contributed by atoms with Gasteiger partial charge in [0.25, 0.3) is 0 Å². The molecule has 1 aromatic rings. The zero-order chi connectivity index (χ0) is 13.8. The van der Waals surface area contributed by atoms with Crippen LogP contribution in [0.15, 0.2) is 29.2 Å². The lowest BCUT2D eigenvalue weighted by molar-refractivity contribution is -0.131. The first-order valence-electron chi connectivity index (χ1n) is 6.51. The number of piperazine rings is 1. The minimum absolute atomic E-state index is 0.106. The fraction of sp³-hybridized carbons (Fsp3) is 0.500. The topological polar surface area (TPSA) is 32.3 Å².